The standard InChI is InChI=1S/C12H21F3N2O/c1-9-3-2-5-11(7-9,8-16)17-10(18)4-6-12(13,14)15/h9H,2-8,16H2,1H3,(H,17,18). The molecule has 0 heterocycles. The highest BCUT2D eigenvalue weighted by atomic mass is 19.4. The Balaban J connectivity index is 2.49. The lowest BCUT2D eigenvalue weighted by atomic mass is 9.76. The number of rotatable bonds is 4. The van der Waals surface area contributed by atoms with Crippen molar-refractivity contribution in [2.24, 2.45) is 11.7 Å². The van der Waals surface area contributed by atoms with Crippen LogP contribution in [0.4, 0.5) is 13.2 Å². The van der Waals surface area contributed by atoms with E-state index in [1.54, 1.807) is 0 Å². The molecule has 6 heteroatoms. The van der Waals surface area contributed by atoms with E-state index in [4.69, 9.17) is 5.73 Å². The molecular weight excluding hydrogens is 245 g/mol. The van der Waals surface area contributed by atoms with E-state index in [1.807, 2.05) is 0 Å². The third kappa shape index (κ3) is 4.84. The van der Waals surface area contributed by atoms with Crippen LogP contribution < -0.4 is 11.1 Å². The van der Waals surface area contributed by atoms with Crippen LogP contribution in [0.5, 0.6) is 0 Å². The Kier molecular flexibility index (Phi) is 5.01. The number of hydrogen-bond acceptors (Lipinski definition) is 2. The Morgan fingerprint density at radius 2 is 2.17 bits per heavy atom. The lowest BCUT2D eigenvalue weighted by molar-refractivity contribution is -0.145. The Labute approximate surface area is 105 Å². The SMILES string of the molecule is CC1CCCC(CN)(NC(=O)CCC(F)(F)F)C1. The summed E-state index contributed by atoms with van der Waals surface area (Å²) in [7, 11) is 0. The summed E-state index contributed by atoms with van der Waals surface area (Å²) in [6.45, 7) is 2.36. The first kappa shape index (κ1) is 15.3. The van der Waals surface area contributed by atoms with Crippen LogP contribution in [-0.2, 0) is 4.79 Å². The van der Waals surface area contributed by atoms with Gasteiger partial charge in [0, 0.05) is 13.0 Å². The molecular formula is C12H21F3N2O. The second-order valence-corrected chi connectivity index (χ2v) is 5.35. The maximum atomic E-state index is 12.0. The minimum atomic E-state index is -4.28. The van der Waals surface area contributed by atoms with Crippen LogP contribution in [0.15, 0.2) is 0 Å². The molecule has 1 rings (SSSR count). The summed E-state index contributed by atoms with van der Waals surface area (Å²) >= 11 is 0. The Bertz CT molecular complexity index is 294. The molecule has 0 spiro atoms. The van der Waals surface area contributed by atoms with Crippen LogP contribution >= 0.6 is 0 Å². The van der Waals surface area contributed by atoms with Crippen LogP contribution in [0.1, 0.15) is 45.4 Å². The summed E-state index contributed by atoms with van der Waals surface area (Å²) in [6, 6.07) is 0. The largest absolute Gasteiger partial charge is 0.389 e. The summed E-state index contributed by atoms with van der Waals surface area (Å²) in [4.78, 5) is 11.6. The maximum Gasteiger partial charge on any atom is 0.389 e. The fraction of sp³-hybridized carbons (Fsp3) is 0.917. The van der Waals surface area contributed by atoms with E-state index in [-0.39, 0.29) is 6.54 Å². The maximum absolute atomic E-state index is 12.0. The summed E-state index contributed by atoms with van der Waals surface area (Å²) in [5, 5.41) is 2.72. The molecule has 0 saturated heterocycles. The lowest BCUT2D eigenvalue weighted by Gasteiger charge is -2.40. The monoisotopic (exact) mass is 266 g/mol. The van der Waals surface area contributed by atoms with E-state index in [9.17, 15) is 18.0 Å². The molecule has 0 aromatic rings. The highest BCUT2D eigenvalue weighted by molar-refractivity contribution is 5.76. The molecule has 3 N–H and O–H groups in total. The van der Waals surface area contributed by atoms with Crippen molar-refractivity contribution in [3.63, 3.8) is 0 Å². The van der Waals surface area contributed by atoms with Crippen LogP contribution in [0.2, 0.25) is 0 Å². The van der Waals surface area contributed by atoms with E-state index < -0.39 is 30.5 Å². The lowest BCUT2D eigenvalue weighted by Crippen LogP contribution is -2.56. The van der Waals surface area contributed by atoms with Crippen molar-refractivity contribution in [1.29, 1.82) is 0 Å². The fourth-order valence-electron chi connectivity index (χ4n) is 2.62. The molecule has 0 bridgehead atoms. The minimum absolute atomic E-state index is 0.287. The number of amides is 1. The van der Waals surface area contributed by atoms with Gasteiger partial charge in [-0.3, -0.25) is 4.79 Å². The van der Waals surface area contributed by atoms with Gasteiger partial charge in [0.05, 0.1) is 12.0 Å². The van der Waals surface area contributed by atoms with E-state index >= 15 is 0 Å². The van der Waals surface area contributed by atoms with Gasteiger partial charge in [-0.15, -0.1) is 0 Å². The van der Waals surface area contributed by atoms with Crippen molar-refractivity contribution in [3.05, 3.63) is 0 Å². The number of carbonyl (C=O) groups excluding carboxylic acids is 1. The minimum Gasteiger partial charge on any atom is -0.349 e. The highest BCUT2D eigenvalue weighted by Crippen LogP contribution is 2.32. The molecule has 1 amide bonds. The third-order valence-corrected chi connectivity index (χ3v) is 3.52. The molecule has 106 valence electrons. The molecule has 1 saturated carbocycles. The van der Waals surface area contributed by atoms with Crippen molar-refractivity contribution < 1.29 is 18.0 Å². The number of nitrogens with two attached hydrogens (primary N) is 1. The second kappa shape index (κ2) is 5.91. The van der Waals surface area contributed by atoms with Crippen molar-refractivity contribution in [2.75, 3.05) is 6.54 Å². The molecule has 0 aliphatic heterocycles. The molecule has 0 aromatic carbocycles. The zero-order chi connectivity index (χ0) is 13.8. The first-order chi connectivity index (χ1) is 8.26. The van der Waals surface area contributed by atoms with Crippen LogP contribution in [-0.4, -0.2) is 24.2 Å². The van der Waals surface area contributed by atoms with E-state index in [0.717, 1.165) is 25.7 Å². The van der Waals surface area contributed by atoms with Gasteiger partial charge in [-0.05, 0) is 18.8 Å². The zero-order valence-electron chi connectivity index (χ0n) is 10.6. The molecule has 2 unspecified atom stereocenters. The number of alkyl halides is 3. The molecule has 0 radical (unpaired) electrons. The third-order valence-electron chi connectivity index (χ3n) is 3.52. The smallest absolute Gasteiger partial charge is 0.349 e. The molecule has 3 nitrogen and oxygen atoms in total. The zero-order valence-corrected chi connectivity index (χ0v) is 10.6. The summed E-state index contributed by atoms with van der Waals surface area (Å²) < 4.78 is 36.1. The van der Waals surface area contributed by atoms with Gasteiger partial charge in [0.15, 0.2) is 0 Å². The predicted octanol–water partition coefficient (Wildman–Crippen LogP) is 2.35. The fourth-order valence-corrected chi connectivity index (χ4v) is 2.62. The van der Waals surface area contributed by atoms with Gasteiger partial charge in [0.25, 0.3) is 0 Å². The van der Waals surface area contributed by atoms with Crippen molar-refractivity contribution in [1.82, 2.24) is 5.32 Å². The number of nitrogens with one attached hydrogen (secondary N) is 1. The molecule has 1 fully saturated rings. The van der Waals surface area contributed by atoms with Crippen LogP contribution in [0, 0.1) is 5.92 Å². The molecule has 1 aliphatic carbocycles. The Morgan fingerprint density at radius 3 is 2.67 bits per heavy atom. The van der Waals surface area contributed by atoms with Gasteiger partial charge in [-0.25, -0.2) is 0 Å². The summed E-state index contributed by atoms with van der Waals surface area (Å²) in [5.41, 5.74) is 5.19. The van der Waals surface area contributed by atoms with Gasteiger partial charge >= 0.3 is 6.18 Å². The number of carbonyl (C=O) groups is 1. The van der Waals surface area contributed by atoms with E-state index in [0.29, 0.717) is 5.92 Å². The molecule has 1 aliphatic rings. The van der Waals surface area contributed by atoms with Gasteiger partial charge in [0.1, 0.15) is 0 Å². The highest BCUT2D eigenvalue weighted by Gasteiger charge is 2.36. The molecule has 0 aromatic heterocycles. The van der Waals surface area contributed by atoms with E-state index in [1.165, 1.54) is 0 Å². The van der Waals surface area contributed by atoms with Gasteiger partial charge < -0.3 is 11.1 Å². The quantitative estimate of drug-likeness (QED) is 0.820. The van der Waals surface area contributed by atoms with Gasteiger partial charge in [0.2, 0.25) is 5.91 Å². The van der Waals surface area contributed by atoms with Crippen molar-refractivity contribution in [3.8, 4) is 0 Å². The average Bonchev–Trinajstić information content (AvgIpc) is 2.25. The molecule has 18 heavy (non-hydrogen) atoms. The van der Waals surface area contributed by atoms with Crippen LogP contribution in [0.25, 0.3) is 0 Å². The average molecular weight is 266 g/mol. The van der Waals surface area contributed by atoms with E-state index in [2.05, 4.69) is 12.2 Å². The van der Waals surface area contributed by atoms with Gasteiger partial charge in [-0.1, -0.05) is 19.8 Å². The number of hydrogen-bond donors (Lipinski definition) is 2. The topological polar surface area (TPSA) is 55.1 Å². The predicted molar refractivity (Wildman–Crippen MR) is 62.8 cm³/mol. The van der Waals surface area contributed by atoms with Crippen molar-refractivity contribution in [2.45, 2.75) is 57.2 Å². The summed E-state index contributed by atoms with van der Waals surface area (Å²) in [5.74, 6) is -0.0999. The van der Waals surface area contributed by atoms with Crippen LogP contribution in [0.3, 0.4) is 0 Å². The first-order valence-electron chi connectivity index (χ1n) is 6.34. The van der Waals surface area contributed by atoms with Crippen molar-refractivity contribution >= 4 is 5.91 Å². The Morgan fingerprint density at radius 1 is 1.50 bits per heavy atom. The normalized spacial score (nSPS) is 29.1. The number of halogens is 3. The Hall–Kier alpha value is -0.780. The summed E-state index contributed by atoms with van der Waals surface area (Å²) in [6.07, 6.45) is -2.33. The first-order valence-corrected chi connectivity index (χ1v) is 6.34. The molecule has 2 atom stereocenters. The van der Waals surface area contributed by atoms with Gasteiger partial charge in [-0.2, -0.15) is 13.2 Å². The second-order valence-electron chi connectivity index (χ2n) is 5.35.